The lowest BCUT2D eigenvalue weighted by Gasteiger charge is -1.78. The normalized spacial score (nSPS) is 8.71. The zero-order valence-corrected chi connectivity index (χ0v) is 3.70. The second-order valence-corrected chi connectivity index (χ2v) is 0.939. The number of rotatable bonds is 1. The summed E-state index contributed by atoms with van der Waals surface area (Å²) in [7, 11) is -1.42. The Kier molecular flexibility index (Phi) is 3.12. The third kappa shape index (κ3) is 5.28. The van der Waals surface area contributed by atoms with Crippen LogP contribution in [0.1, 0.15) is 0 Å². The van der Waals surface area contributed by atoms with Crippen LogP contribution in [0, 0.1) is 12.3 Å². The molecule has 36 valence electrons. The van der Waals surface area contributed by atoms with Gasteiger partial charge in [0.15, 0.2) is 0 Å². The Labute approximate surface area is 42.6 Å². The lowest BCUT2D eigenvalue weighted by atomic mass is 9.92. The lowest BCUT2D eigenvalue weighted by molar-refractivity contribution is 0.424. The summed E-state index contributed by atoms with van der Waals surface area (Å²) in [6.45, 7) is 0. The van der Waals surface area contributed by atoms with E-state index in [4.69, 9.17) is 16.5 Å². The second-order valence-electron chi connectivity index (χ2n) is 0.939. The van der Waals surface area contributed by atoms with Crippen molar-refractivity contribution < 1.29 is 10.0 Å². The van der Waals surface area contributed by atoms with E-state index < -0.39 is 7.12 Å². The summed E-state index contributed by atoms with van der Waals surface area (Å²) in [5.74, 6) is 3.20. The van der Waals surface area contributed by atoms with Crippen LogP contribution in [-0.2, 0) is 0 Å². The summed E-state index contributed by atoms with van der Waals surface area (Å²) in [5, 5.41) is 16.1. The zero-order chi connectivity index (χ0) is 5.70. The largest absolute Gasteiger partial charge is 0.481 e. The molecule has 0 aliphatic heterocycles. The van der Waals surface area contributed by atoms with E-state index in [0.29, 0.717) is 0 Å². The fraction of sp³-hybridized carbons (Fsp3) is 0. The molecule has 0 bridgehead atoms. The van der Waals surface area contributed by atoms with Gasteiger partial charge in [-0.25, -0.2) is 0 Å². The van der Waals surface area contributed by atoms with Crippen LogP contribution >= 0.6 is 0 Å². The Hall–Kier alpha value is -0.715. The molecule has 0 saturated heterocycles. The molecule has 0 saturated carbocycles. The van der Waals surface area contributed by atoms with Crippen molar-refractivity contribution in [2.45, 2.75) is 0 Å². The van der Waals surface area contributed by atoms with Crippen molar-refractivity contribution in [3.05, 3.63) is 12.1 Å². The van der Waals surface area contributed by atoms with Gasteiger partial charge in [0.25, 0.3) is 0 Å². The first-order valence-electron chi connectivity index (χ1n) is 1.76. The fourth-order valence-electron chi connectivity index (χ4n) is 0.142. The first-order valence-corrected chi connectivity index (χ1v) is 1.76. The van der Waals surface area contributed by atoms with Crippen LogP contribution in [0.15, 0.2) is 12.1 Å². The minimum absolute atomic E-state index is 1.10. The van der Waals surface area contributed by atoms with E-state index in [1.54, 1.807) is 0 Å². The second kappa shape index (κ2) is 3.47. The van der Waals surface area contributed by atoms with Gasteiger partial charge in [-0.1, -0.05) is 5.92 Å². The van der Waals surface area contributed by atoms with Gasteiger partial charge in [0.05, 0.1) is 0 Å². The average molecular weight is 95.9 g/mol. The maximum Gasteiger partial charge on any atom is 0.481 e. The van der Waals surface area contributed by atoms with Gasteiger partial charge in [0.2, 0.25) is 0 Å². The number of allylic oxidation sites excluding steroid dienone is 1. The molecular weight excluding hydrogens is 90.9 g/mol. The first kappa shape index (κ1) is 6.28. The summed E-state index contributed by atoms with van der Waals surface area (Å²) < 4.78 is 0. The topological polar surface area (TPSA) is 40.5 Å². The van der Waals surface area contributed by atoms with Crippen molar-refractivity contribution in [2.24, 2.45) is 0 Å². The van der Waals surface area contributed by atoms with Crippen molar-refractivity contribution in [2.75, 3.05) is 0 Å². The van der Waals surface area contributed by atoms with E-state index in [1.807, 2.05) is 0 Å². The van der Waals surface area contributed by atoms with Crippen LogP contribution < -0.4 is 0 Å². The molecule has 7 heavy (non-hydrogen) atoms. The van der Waals surface area contributed by atoms with Gasteiger partial charge in [-0.05, 0) is 12.1 Å². The Morgan fingerprint density at radius 1 is 1.57 bits per heavy atom. The van der Waals surface area contributed by atoms with Crippen LogP contribution in [0.2, 0.25) is 0 Å². The molecule has 0 aromatic heterocycles. The Morgan fingerprint density at radius 2 is 2.14 bits per heavy atom. The Balaban J connectivity index is 3.31. The molecule has 0 spiro atoms. The van der Waals surface area contributed by atoms with Gasteiger partial charge in [-0.2, -0.15) is 0 Å². The zero-order valence-electron chi connectivity index (χ0n) is 3.70. The number of hydrogen-bond donors (Lipinski definition) is 2. The van der Waals surface area contributed by atoms with E-state index in [1.165, 1.54) is 6.08 Å². The third-order valence-corrected chi connectivity index (χ3v) is 0.365. The molecule has 0 aliphatic rings. The molecule has 0 heterocycles. The van der Waals surface area contributed by atoms with Gasteiger partial charge in [0, 0.05) is 0 Å². The predicted molar refractivity (Wildman–Crippen MR) is 28.2 cm³/mol. The first-order chi connectivity index (χ1) is 3.27. The summed E-state index contributed by atoms with van der Waals surface area (Å²) in [6.07, 6.45) is 5.94. The molecule has 0 atom stereocenters. The van der Waals surface area contributed by atoms with E-state index in [9.17, 15) is 0 Å². The minimum atomic E-state index is -1.42. The minimum Gasteiger partial charge on any atom is -0.424 e. The summed E-state index contributed by atoms with van der Waals surface area (Å²) in [4.78, 5) is 0. The van der Waals surface area contributed by atoms with Gasteiger partial charge in [0.1, 0.15) is 0 Å². The highest BCUT2D eigenvalue weighted by atomic mass is 16.4. The molecule has 0 rings (SSSR count). The molecule has 0 fully saturated rings. The van der Waals surface area contributed by atoms with Crippen molar-refractivity contribution in [1.82, 2.24) is 0 Å². The maximum absolute atomic E-state index is 8.06. The summed E-state index contributed by atoms with van der Waals surface area (Å²) in [5.41, 5.74) is 0. The van der Waals surface area contributed by atoms with Crippen LogP contribution in [0.3, 0.4) is 0 Å². The molecule has 2 N–H and O–H groups in total. The van der Waals surface area contributed by atoms with Crippen LogP contribution in [0.25, 0.3) is 0 Å². The predicted octanol–water partition coefficient (Wildman–Crippen LogP) is -0.812. The highest BCUT2D eigenvalue weighted by Gasteiger charge is 1.94. The Morgan fingerprint density at radius 3 is 2.29 bits per heavy atom. The SMILES string of the molecule is C#CC=CB(O)O. The molecule has 0 radical (unpaired) electrons. The molecule has 0 amide bonds. The van der Waals surface area contributed by atoms with E-state index in [-0.39, 0.29) is 0 Å². The Bertz CT molecular complexity index is 101. The van der Waals surface area contributed by atoms with Gasteiger partial charge < -0.3 is 10.0 Å². The van der Waals surface area contributed by atoms with E-state index in [2.05, 4.69) is 5.92 Å². The van der Waals surface area contributed by atoms with Crippen molar-refractivity contribution in [1.29, 1.82) is 0 Å². The van der Waals surface area contributed by atoms with Crippen molar-refractivity contribution >= 4 is 7.12 Å². The fourth-order valence-corrected chi connectivity index (χ4v) is 0.142. The average Bonchev–Trinajstić information content (AvgIpc) is 1.61. The standard InChI is InChI=1S/C4H5BO2/c1-2-3-4-5(6)7/h1,3-4,6-7H. The van der Waals surface area contributed by atoms with Gasteiger partial charge in [-0.3, -0.25) is 0 Å². The molecule has 0 aliphatic carbocycles. The molecule has 0 unspecified atom stereocenters. The molecule has 2 nitrogen and oxygen atoms in total. The number of hydrogen-bond acceptors (Lipinski definition) is 2. The van der Waals surface area contributed by atoms with Crippen LogP contribution in [-0.4, -0.2) is 17.2 Å². The van der Waals surface area contributed by atoms with E-state index >= 15 is 0 Å². The lowest BCUT2D eigenvalue weighted by Crippen LogP contribution is -2.04. The molecule has 0 aromatic carbocycles. The summed E-state index contributed by atoms with van der Waals surface area (Å²) in [6, 6.07) is 0. The summed E-state index contributed by atoms with van der Waals surface area (Å²) >= 11 is 0. The molecule has 3 heteroatoms. The van der Waals surface area contributed by atoms with E-state index in [0.717, 1.165) is 5.98 Å². The molecule has 0 aromatic rings. The monoisotopic (exact) mass is 96.0 g/mol. The highest BCUT2D eigenvalue weighted by molar-refractivity contribution is 6.47. The maximum atomic E-state index is 8.06. The van der Waals surface area contributed by atoms with Crippen LogP contribution in [0.5, 0.6) is 0 Å². The van der Waals surface area contributed by atoms with Gasteiger partial charge >= 0.3 is 7.12 Å². The highest BCUT2D eigenvalue weighted by Crippen LogP contribution is 1.69. The smallest absolute Gasteiger partial charge is 0.424 e. The van der Waals surface area contributed by atoms with Crippen LogP contribution in [0.4, 0.5) is 0 Å². The van der Waals surface area contributed by atoms with Crippen molar-refractivity contribution in [3.63, 3.8) is 0 Å². The number of terminal acetylenes is 1. The third-order valence-electron chi connectivity index (χ3n) is 0.365. The quantitative estimate of drug-likeness (QED) is 0.331. The van der Waals surface area contributed by atoms with Crippen molar-refractivity contribution in [3.8, 4) is 12.3 Å². The van der Waals surface area contributed by atoms with Gasteiger partial charge in [-0.15, -0.1) is 6.42 Å². The molecular formula is C4H5BO2.